The van der Waals surface area contributed by atoms with E-state index in [1.165, 1.54) is 5.70 Å². The van der Waals surface area contributed by atoms with Crippen LogP contribution in [0.5, 0.6) is 0 Å². The minimum atomic E-state index is -0.700. The monoisotopic (exact) mass is 165 g/mol. The molecule has 12 heavy (non-hydrogen) atoms. The van der Waals surface area contributed by atoms with E-state index in [1.54, 1.807) is 0 Å². The molecule has 0 aromatic heterocycles. The van der Waals surface area contributed by atoms with Gasteiger partial charge in [0.25, 0.3) is 0 Å². The predicted molar refractivity (Wildman–Crippen MR) is 44.6 cm³/mol. The van der Waals surface area contributed by atoms with Crippen LogP contribution in [0.3, 0.4) is 0 Å². The van der Waals surface area contributed by atoms with Crippen molar-refractivity contribution in [3.05, 3.63) is 23.9 Å². The zero-order valence-corrected chi connectivity index (χ0v) is 6.73. The molecule has 1 fully saturated rings. The SMILES string of the molecule is O=C(O)C1CCC2=CC=CCN21. The molecule has 3 heteroatoms. The number of fused-ring (bicyclic) bond motifs is 1. The lowest BCUT2D eigenvalue weighted by atomic mass is 10.2. The smallest absolute Gasteiger partial charge is 0.326 e. The first-order chi connectivity index (χ1) is 5.79. The molecule has 3 nitrogen and oxygen atoms in total. The fourth-order valence-corrected chi connectivity index (χ4v) is 1.82. The van der Waals surface area contributed by atoms with E-state index in [2.05, 4.69) is 0 Å². The normalized spacial score (nSPS) is 26.8. The lowest BCUT2D eigenvalue weighted by molar-refractivity contribution is -0.141. The minimum Gasteiger partial charge on any atom is -0.480 e. The Kier molecular flexibility index (Phi) is 1.64. The molecule has 0 aromatic carbocycles. The molecule has 1 saturated heterocycles. The number of nitrogens with zero attached hydrogens (tertiary/aromatic N) is 1. The molecule has 0 aromatic rings. The van der Waals surface area contributed by atoms with E-state index < -0.39 is 5.97 Å². The van der Waals surface area contributed by atoms with Crippen molar-refractivity contribution < 1.29 is 9.90 Å². The van der Waals surface area contributed by atoms with Crippen LogP contribution in [0.1, 0.15) is 12.8 Å². The summed E-state index contributed by atoms with van der Waals surface area (Å²) >= 11 is 0. The molecule has 0 spiro atoms. The summed E-state index contributed by atoms with van der Waals surface area (Å²) in [6, 6.07) is -0.291. The average molecular weight is 165 g/mol. The lowest BCUT2D eigenvalue weighted by Crippen LogP contribution is -2.35. The van der Waals surface area contributed by atoms with Crippen molar-refractivity contribution in [2.75, 3.05) is 6.54 Å². The van der Waals surface area contributed by atoms with E-state index in [-0.39, 0.29) is 6.04 Å². The Balaban J connectivity index is 2.20. The molecule has 2 heterocycles. The van der Waals surface area contributed by atoms with Gasteiger partial charge in [-0.1, -0.05) is 12.2 Å². The molecule has 2 rings (SSSR count). The van der Waals surface area contributed by atoms with Crippen molar-refractivity contribution in [1.82, 2.24) is 4.90 Å². The van der Waals surface area contributed by atoms with Crippen LogP contribution in [0, 0.1) is 0 Å². The second-order valence-corrected chi connectivity index (χ2v) is 3.13. The highest BCUT2D eigenvalue weighted by Gasteiger charge is 2.32. The molecular formula is C9H11NO2. The summed E-state index contributed by atoms with van der Waals surface area (Å²) in [5.41, 5.74) is 1.17. The van der Waals surface area contributed by atoms with Crippen molar-refractivity contribution in [2.45, 2.75) is 18.9 Å². The van der Waals surface area contributed by atoms with E-state index >= 15 is 0 Å². The molecule has 0 amide bonds. The second kappa shape index (κ2) is 2.66. The Hall–Kier alpha value is -1.25. The van der Waals surface area contributed by atoms with Gasteiger partial charge in [0.2, 0.25) is 0 Å². The number of carboxylic acids is 1. The quantitative estimate of drug-likeness (QED) is 0.629. The van der Waals surface area contributed by atoms with Gasteiger partial charge in [-0.3, -0.25) is 0 Å². The number of carboxylic acid groups (broad SMARTS) is 1. The van der Waals surface area contributed by atoms with Crippen LogP contribution in [0.15, 0.2) is 23.9 Å². The molecule has 0 bridgehead atoms. The molecule has 64 valence electrons. The molecule has 1 unspecified atom stereocenters. The highest BCUT2D eigenvalue weighted by molar-refractivity contribution is 5.74. The molecule has 0 radical (unpaired) electrons. The van der Waals surface area contributed by atoms with E-state index in [0.717, 1.165) is 19.4 Å². The van der Waals surface area contributed by atoms with Gasteiger partial charge in [0.05, 0.1) is 0 Å². The Morgan fingerprint density at radius 3 is 3.25 bits per heavy atom. The Morgan fingerprint density at radius 2 is 2.50 bits per heavy atom. The van der Waals surface area contributed by atoms with Crippen LogP contribution in [-0.4, -0.2) is 28.6 Å². The van der Waals surface area contributed by atoms with E-state index in [0.29, 0.717) is 0 Å². The van der Waals surface area contributed by atoms with Gasteiger partial charge < -0.3 is 10.0 Å². The molecule has 1 N–H and O–H groups in total. The zero-order chi connectivity index (χ0) is 8.55. The van der Waals surface area contributed by atoms with Crippen molar-refractivity contribution in [3.63, 3.8) is 0 Å². The third-order valence-corrected chi connectivity index (χ3v) is 2.43. The number of hydrogen-bond acceptors (Lipinski definition) is 2. The maximum Gasteiger partial charge on any atom is 0.326 e. The van der Waals surface area contributed by atoms with Crippen molar-refractivity contribution >= 4 is 5.97 Å². The first kappa shape index (κ1) is 7.40. The maximum atomic E-state index is 10.8. The lowest BCUT2D eigenvalue weighted by Gasteiger charge is -2.25. The van der Waals surface area contributed by atoms with Gasteiger partial charge in [-0.25, -0.2) is 4.79 Å². The van der Waals surface area contributed by atoms with Gasteiger partial charge >= 0.3 is 5.97 Å². The van der Waals surface area contributed by atoms with Gasteiger partial charge in [0.15, 0.2) is 0 Å². The minimum absolute atomic E-state index is 0.291. The summed E-state index contributed by atoms with van der Waals surface area (Å²) in [6.45, 7) is 0.753. The summed E-state index contributed by atoms with van der Waals surface area (Å²) in [7, 11) is 0. The number of carbonyl (C=O) groups is 1. The first-order valence-corrected chi connectivity index (χ1v) is 4.14. The number of aliphatic carboxylic acids is 1. The topological polar surface area (TPSA) is 40.5 Å². The largest absolute Gasteiger partial charge is 0.480 e. The van der Waals surface area contributed by atoms with E-state index in [9.17, 15) is 4.79 Å². The van der Waals surface area contributed by atoms with E-state index in [4.69, 9.17) is 5.11 Å². The second-order valence-electron chi connectivity index (χ2n) is 3.13. The van der Waals surface area contributed by atoms with Crippen molar-refractivity contribution in [3.8, 4) is 0 Å². The summed E-state index contributed by atoms with van der Waals surface area (Å²) < 4.78 is 0. The van der Waals surface area contributed by atoms with Gasteiger partial charge in [0, 0.05) is 12.2 Å². The van der Waals surface area contributed by atoms with Gasteiger partial charge in [-0.05, 0) is 18.9 Å². The highest BCUT2D eigenvalue weighted by atomic mass is 16.4. The number of hydrogen-bond donors (Lipinski definition) is 1. The van der Waals surface area contributed by atoms with E-state index in [1.807, 2.05) is 23.1 Å². The summed E-state index contributed by atoms with van der Waals surface area (Å²) in [5, 5.41) is 8.86. The van der Waals surface area contributed by atoms with Crippen molar-refractivity contribution in [1.29, 1.82) is 0 Å². The highest BCUT2D eigenvalue weighted by Crippen LogP contribution is 2.28. The van der Waals surface area contributed by atoms with Crippen LogP contribution < -0.4 is 0 Å². The standard InChI is InChI=1S/C9H11NO2/c11-9(12)8-5-4-7-3-1-2-6-10(7)8/h1-3,8H,4-6H2,(H,11,12). The number of rotatable bonds is 1. The molecular weight excluding hydrogens is 154 g/mol. The van der Waals surface area contributed by atoms with Crippen LogP contribution >= 0.6 is 0 Å². The number of allylic oxidation sites excluding steroid dienone is 3. The zero-order valence-electron chi connectivity index (χ0n) is 6.73. The molecule has 2 aliphatic rings. The molecule has 0 aliphatic carbocycles. The van der Waals surface area contributed by atoms with Gasteiger partial charge in [0.1, 0.15) is 6.04 Å². The summed E-state index contributed by atoms with van der Waals surface area (Å²) in [4.78, 5) is 12.7. The van der Waals surface area contributed by atoms with Crippen LogP contribution in [-0.2, 0) is 4.79 Å². The van der Waals surface area contributed by atoms with Crippen molar-refractivity contribution in [2.24, 2.45) is 0 Å². The molecule has 2 aliphatic heterocycles. The molecule has 1 atom stereocenters. The maximum absolute atomic E-state index is 10.8. The molecule has 0 saturated carbocycles. The Bertz CT molecular complexity index is 268. The average Bonchev–Trinajstić information content (AvgIpc) is 2.47. The first-order valence-electron chi connectivity index (χ1n) is 4.14. The summed E-state index contributed by atoms with van der Waals surface area (Å²) in [5.74, 6) is -0.700. The predicted octanol–water partition coefficient (Wildman–Crippen LogP) is 0.989. The van der Waals surface area contributed by atoms with Crippen LogP contribution in [0.4, 0.5) is 0 Å². The fraction of sp³-hybridized carbons (Fsp3) is 0.444. The van der Waals surface area contributed by atoms with Crippen LogP contribution in [0.25, 0.3) is 0 Å². The van der Waals surface area contributed by atoms with Crippen LogP contribution in [0.2, 0.25) is 0 Å². The van der Waals surface area contributed by atoms with Gasteiger partial charge in [-0.15, -0.1) is 0 Å². The van der Waals surface area contributed by atoms with Gasteiger partial charge in [-0.2, -0.15) is 0 Å². The third-order valence-electron chi connectivity index (χ3n) is 2.43. The Morgan fingerprint density at radius 1 is 1.67 bits per heavy atom. The fourth-order valence-electron chi connectivity index (χ4n) is 1.82. The third kappa shape index (κ3) is 1.02. The Labute approximate surface area is 71.0 Å². The summed E-state index contributed by atoms with van der Waals surface area (Å²) in [6.07, 6.45) is 7.65.